The molecule has 0 aromatic heterocycles. The summed E-state index contributed by atoms with van der Waals surface area (Å²) in [4.78, 5) is 2.57. The second kappa shape index (κ2) is 7.19. The molecule has 2 aliphatic heterocycles. The molecule has 0 radical (unpaired) electrons. The minimum atomic E-state index is -0.223. The molecule has 5 heteroatoms. The Morgan fingerprint density at radius 1 is 1.17 bits per heavy atom. The predicted molar refractivity (Wildman–Crippen MR) is 95.3 cm³/mol. The Balaban J connectivity index is 2.03. The van der Waals surface area contributed by atoms with E-state index in [1.165, 1.54) is 5.56 Å². The molecule has 1 saturated heterocycles. The van der Waals surface area contributed by atoms with Crippen molar-refractivity contribution in [3.63, 3.8) is 0 Å². The minimum Gasteiger partial charge on any atom is -0.490 e. The van der Waals surface area contributed by atoms with Crippen molar-refractivity contribution in [2.24, 2.45) is 0 Å². The third-order valence-corrected chi connectivity index (χ3v) is 4.71. The van der Waals surface area contributed by atoms with Gasteiger partial charge in [0, 0.05) is 44.2 Å². The van der Waals surface area contributed by atoms with Gasteiger partial charge in [-0.2, -0.15) is 0 Å². The van der Waals surface area contributed by atoms with Gasteiger partial charge in [-0.3, -0.25) is 4.90 Å². The molecule has 3 rings (SSSR count). The van der Waals surface area contributed by atoms with Gasteiger partial charge in [-0.15, -0.1) is 0 Å². The van der Waals surface area contributed by atoms with Crippen LogP contribution in [-0.4, -0.2) is 49.9 Å². The maximum Gasteiger partial charge on any atom is 0.203 e. The number of benzene rings is 1. The van der Waals surface area contributed by atoms with Crippen molar-refractivity contribution in [3.8, 4) is 17.2 Å². The smallest absolute Gasteiger partial charge is 0.203 e. The average Bonchev–Trinajstić information content (AvgIpc) is 2.57. The molecule has 1 atom stereocenters. The van der Waals surface area contributed by atoms with Gasteiger partial charge in [0.1, 0.15) is 5.60 Å². The first-order valence-corrected chi connectivity index (χ1v) is 9.12. The molecule has 1 unspecified atom stereocenters. The quantitative estimate of drug-likeness (QED) is 0.897. The lowest BCUT2D eigenvalue weighted by molar-refractivity contribution is 0.0225. The highest BCUT2D eigenvalue weighted by molar-refractivity contribution is 5.58. The van der Waals surface area contributed by atoms with E-state index in [9.17, 15) is 0 Å². The zero-order valence-electron chi connectivity index (χ0n) is 15.4. The zero-order chi connectivity index (χ0) is 17.2. The van der Waals surface area contributed by atoms with Crippen LogP contribution >= 0.6 is 0 Å². The lowest BCUT2D eigenvalue weighted by Gasteiger charge is -2.44. The van der Waals surface area contributed by atoms with Crippen LogP contribution in [0.4, 0.5) is 0 Å². The van der Waals surface area contributed by atoms with Crippen LogP contribution in [0.3, 0.4) is 0 Å². The van der Waals surface area contributed by atoms with Gasteiger partial charge < -0.3 is 19.5 Å². The lowest BCUT2D eigenvalue weighted by Crippen LogP contribution is -2.48. The number of piperazine rings is 1. The first-order chi connectivity index (χ1) is 11.6. The molecule has 0 bridgehead atoms. The molecule has 2 heterocycles. The summed E-state index contributed by atoms with van der Waals surface area (Å²) in [5, 5.41) is 3.44. The summed E-state index contributed by atoms with van der Waals surface area (Å²) in [7, 11) is 0. The molecule has 2 aliphatic rings. The minimum absolute atomic E-state index is 0.223. The van der Waals surface area contributed by atoms with Crippen molar-refractivity contribution < 1.29 is 14.2 Å². The second-order valence-electron chi connectivity index (χ2n) is 7.04. The van der Waals surface area contributed by atoms with E-state index in [4.69, 9.17) is 14.2 Å². The molecule has 24 heavy (non-hydrogen) atoms. The predicted octanol–water partition coefficient (Wildman–Crippen LogP) is 2.99. The van der Waals surface area contributed by atoms with Crippen LogP contribution in [0.15, 0.2) is 12.1 Å². The summed E-state index contributed by atoms with van der Waals surface area (Å²) < 4.78 is 18.1. The number of hydrogen-bond donors (Lipinski definition) is 1. The fourth-order valence-corrected chi connectivity index (χ4v) is 3.69. The van der Waals surface area contributed by atoms with E-state index in [2.05, 4.69) is 30.1 Å². The first kappa shape index (κ1) is 17.4. The summed E-state index contributed by atoms with van der Waals surface area (Å²) >= 11 is 0. The fourth-order valence-electron chi connectivity index (χ4n) is 3.69. The van der Waals surface area contributed by atoms with E-state index in [1.54, 1.807) is 0 Å². The summed E-state index contributed by atoms with van der Waals surface area (Å²) in [5.74, 6) is 2.39. The van der Waals surface area contributed by atoms with Crippen LogP contribution in [0.2, 0.25) is 0 Å². The van der Waals surface area contributed by atoms with Crippen molar-refractivity contribution >= 4 is 0 Å². The largest absolute Gasteiger partial charge is 0.490 e. The molecule has 0 aliphatic carbocycles. The third kappa shape index (κ3) is 3.47. The van der Waals surface area contributed by atoms with E-state index in [0.29, 0.717) is 19.3 Å². The van der Waals surface area contributed by atoms with Gasteiger partial charge in [-0.05, 0) is 39.8 Å². The number of rotatable bonds is 5. The highest BCUT2D eigenvalue weighted by Crippen LogP contribution is 2.50. The number of nitrogens with zero attached hydrogens (tertiary/aromatic N) is 1. The maximum atomic E-state index is 6.36. The molecule has 134 valence electrons. The van der Waals surface area contributed by atoms with E-state index < -0.39 is 0 Å². The van der Waals surface area contributed by atoms with Crippen molar-refractivity contribution in [1.29, 1.82) is 0 Å². The fraction of sp³-hybridized carbons (Fsp3) is 0.684. The van der Waals surface area contributed by atoms with Gasteiger partial charge in [0.25, 0.3) is 0 Å². The number of nitrogens with one attached hydrogen (secondary N) is 1. The Kier molecular flexibility index (Phi) is 5.21. The molecule has 1 aromatic carbocycles. The van der Waals surface area contributed by atoms with Crippen molar-refractivity contribution in [1.82, 2.24) is 10.2 Å². The molecular formula is C19H30N2O3. The maximum absolute atomic E-state index is 6.36. The first-order valence-electron chi connectivity index (χ1n) is 9.12. The SMILES string of the molecule is CCOc1ccc2c(c1OCC)OC(C)(C)CC2N1CCNCC1. The molecule has 1 N–H and O–H groups in total. The van der Waals surface area contributed by atoms with Crippen molar-refractivity contribution in [2.45, 2.75) is 45.8 Å². The summed E-state index contributed by atoms with van der Waals surface area (Å²) in [6.07, 6.45) is 0.986. The zero-order valence-corrected chi connectivity index (χ0v) is 15.4. The third-order valence-electron chi connectivity index (χ3n) is 4.71. The highest BCUT2D eigenvalue weighted by Gasteiger charge is 2.39. The normalized spacial score (nSPS) is 23.2. The lowest BCUT2D eigenvalue weighted by atomic mass is 9.88. The molecule has 5 nitrogen and oxygen atoms in total. The van der Waals surface area contributed by atoms with Gasteiger partial charge in [-0.25, -0.2) is 0 Å². The van der Waals surface area contributed by atoms with Gasteiger partial charge in [0.05, 0.1) is 13.2 Å². The van der Waals surface area contributed by atoms with E-state index >= 15 is 0 Å². The van der Waals surface area contributed by atoms with Crippen LogP contribution in [0.1, 0.15) is 45.7 Å². The Bertz CT molecular complexity index is 568. The molecule has 0 amide bonds. The Labute approximate surface area is 145 Å². The highest BCUT2D eigenvalue weighted by atomic mass is 16.5. The van der Waals surface area contributed by atoms with Crippen molar-refractivity contribution in [3.05, 3.63) is 17.7 Å². The van der Waals surface area contributed by atoms with Crippen LogP contribution in [0.25, 0.3) is 0 Å². The molecular weight excluding hydrogens is 304 g/mol. The van der Waals surface area contributed by atoms with E-state index in [1.807, 2.05) is 19.9 Å². The number of ether oxygens (including phenoxy) is 3. The molecule has 0 spiro atoms. The molecule has 1 aromatic rings. The van der Waals surface area contributed by atoms with E-state index in [-0.39, 0.29) is 5.60 Å². The summed E-state index contributed by atoms with van der Waals surface area (Å²) in [5.41, 5.74) is 1.00. The average molecular weight is 334 g/mol. The number of fused-ring (bicyclic) bond motifs is 1. The Morgan fingerprint density at radius 2 is 1.88 bits per heavy atom. The van der Waals surface area contributed by atoms with Gasteiger partial charge >= 0.3 is 0 Å². The van der Waals surface area contributed by atoms with Crippen LogP contribution in [-0.2, 0) is 0 Å². The van der Waals surface area contributed by atoms with Crippen LogP contribution in [0, 0.1) is 0 Å². The van der Waals surface area contributed by atoms with Gasteiger partial charge in [0.2, 0.25) is 5.75 Å². The van der Waals surface area contributed by atoms with Gasteiger partial charge in [-0.1, -0.05) is 0 Å². The van der Waals surface area contributed by atoms with Crippen LogP contribution < -0.4 is 19.5 Å². The summed E-state index contributed by atoms with van der Waals surface area (Å²) in [6, 6.07) is 4.55. The van der Waals surface area contributed by atoms with E-state index in [0.717, 1.165) is 49.8 Å². The Morgan fingerprint density at radius 3 is 2.54 bits per heavy atom. The standard InChI is InChI=1S/C19H30N2O3/c1-5-22-16-8-7-14-15(21-11-9-20-10-12-21)13-19(3,4)24-17(14)18(16)23-6-2/h7-8,15,20H,5-6,9-13H2,1-4H3. The number of hydrogen-bond acceptors (Lipinski definition) is 5. The monoisotopic (exact) mass is 334 g/mol. The van der Waals surface area contributed by atoms with Gasteiger partial charge in [0.15, 0.2) is 11.5 Å². The van der Waals surface area contributed by atoms with Crippen LogP contribution in [0.5, 0.6) is 17.2 Å². The second-order valence-corrected chi connectivity index (χ2v) is 7.04. The Hall–Kier alpha value is -1.46. The molecule has 0 saturated carbocycles. The molecule has 1 fully saturated rings. The summed E-state index contributed by atoms with van der Waals surface area (Å²) in [6.45, 7) is 13.7. The topological polar surface area (TPSA) is 43.0 Å². The van der Waals surface area contributed by atoms with Crippen molar-refractivity contribution in [2.75, 3.05) is 39.4 Å².